The van der Waals surface area contributed by atoms with Crippen LogP contribution in [0.25, 0.3) is 0 Å². The molecule has 0 bridgehead atoms. The van der Waals surface area contributed by atoms with Crippen molar-refractivity contribution in [2.75, 3.05) is 24.3 Å². The van der Waals surface area contributed by atoms with E-state index < -0.39 is 0 Å². The predicted molar refractivity (Wildman–Crippen MR) is 138 cm³/mol. The molecule has 4 rings (SSSR count). The molecule has 3 aliphatic rings. The minimum atomic E-state index is 0.442. The number of hydrogen-bond acceptors (Lipinski definition) is 5. The maximum Gasteiger partial charge on any atom is 0.225 e. The van der Waals surface area contributed by atoms with Gasteiger partial charge in [0.1, 0.15) is 5.82 Å². The second-order valence-electron chi connectivity index (χ2n) is 10.3. The minimum Gasteiger partial charge on any atom is -0.362 e. The molecule has 0 aromatic carbocycles. The Labute approximate surface area is 199 Å². The molecule has 32 heavy (non-hydrogen) atoms. The van der Waals surface area contributed by atoms with Crippen molar-refractivity contribution in [1.82, 2.24) is 20.6 Å². The zero-order valence-corrected chi connectivity index (χ0v) is 20.9. The van der Waals surface area contributed by atoms with Gasteiger partial charge in [0, 0.05) is 37.8 Å². The molecular weight excluding hydrogens is 416 g/mol. The van der Waals surface area contributed by atoms with Gasteiger partial charge in [-0.1, -0.05) is 32.1 Å². The lowest BCUT2D eigenvalue weighted by Gasteiger charge is -2.32. The summed E-state index contributed by atoms with van der Waals surface area (Å²) >= 11 is 5.66. The average molecular weight is 459 g/mol. The van der Waals surface area contributed by atoms with Crippen LogP contribution < -0.4 is 20.9 Å². The van der Waals surface area contributed by atoms with E-state index in [-0.39, 0.29) is 0 Å². The Bertz CT molecular complexity index is 751. The standard InChI is InChI=1S/C25H42N6S/c1-31(2)23-21-12-8-9-13-22(21)29-24(30-23)26-19-14-16-20(17-15-19)28-25(32)27-18-10-6-4-3-5-7-11-18/h18-20H,3-17H2,1-2H3,(H,26,29,30)(H2,27,28,32)/t19-,20+. The molecule has 7 heteroatoms. The van der Waals surface area contributed by atoms with Crippen LogP contribution in [0.2, 0.25) is 0 Å². The molecule has 1 aromatic heterocycles. The fraction of sp³-hybridized carbons (Fsp3) is 0.800. The van der Waals surface area contributed by atoms with E-state index in [9.17, 15) is 0 Å². The van der Waals surface area contributed by atoms with Gasteiger partial charge in [-0.3, -0.25) is 0 Å². The van der Waals surface area contributed by atoms with Gasteiger partial charge in [-0.25, -0.2) is 4.98 Å². The summed E-state index contributed by atoms with van der Waals surface area (Å²) < 4.78 is 0. The summed E-state index contributed by atoms with van der Waals surface area (Å²) in [6.07, 6.45) is 18.5. The highest BCUT2D eigenvalue weighted by Crippen LogP contribution is 2.29. The van der Waals surface area contributed by atoms with Crippen molar-refractivity contribution >= 4 is 29.1 Å². The zero-order chi connectivity index (χ0) is 22.3. The van der Waals surface area contributed by atoms with E-state index in [1.54, 1.807) is 0 Å². The van der Waals surface area contributed by atoms with Crippen molar-refractivity contribution < 1.29 is 0 Å². The average Bonchev–Trinajstić information content (AvgIpc) is 2.76. The summed E-state index contributed by atoms with van der Waals surface area (Å²) in [7, 11) is 4.18. The zero-order valence-electron chi connectivity index (χ0n) is 20.1. The molecule has 0 atom stereocenters. The lowest BCUT2D eigenvalue weighted by molar-refractivity contribution is 0.379. The molecule has 1 heterocycles. The number of nitrogens with zero attached hydrogens (tertiary/aromatic N) is 3. The highest BCUT2D eigenvalue weighted by atomic mass is 32.1. The van der Waals surface area contributed by atoms with Crippen molar-refractivity contribution in [3.63, 3.8) is 0 Å². The van der Waals surface area contributed by atoms with E-state index >= 15 is 0 Å². The van der Waals surface area contributed by atoms with Gasteiger partial charge < -0.3 is 20.9 Å². The Morgan fingerprint density at radius 1 is 0.750 bits per heavy atom. The summed E-state index contributed by atoms with van der Waals surface area (Å²) in [5.41, 5.74) is 2.60. The van der Waals surface area contributed by atoms with Crippen LogP contribution in [0.5, 0.6) is 0 Å². The molecule has 0 unspecified atom stereocenters. The Hall–Kier alpha value is -1.63. The quantitative estimate of drug-likeness (QED) is 0.552. The third kappa shape index (κ3) is 6.46. The van der Waals surface area contributed by atoms with E-state index in [0.717, 1.165) is 55.4 Å². The van der Waals surface area contributed by atoms with Gasteiger partial charge >= 0.3 is 0 Å². The molecule has 0 spiro atoms. The Balaban J connectivity index is 1.25. The SMILES string of the molecule is CN(C)c1nc(N[C@H]2CC[C@@H](NC(=S)NC3CCCCCCC3)CC2)nc2c1CCCC2. The molecule has 0 radical (unpaired) electrons. The van der Waals surface area contributed by atoms with Crippen LogP contribution in [-0.4, -0.2) is 47.3 Å². The van der Waals surface area contributed by atoms with E-state index in [2.05, 4.69) is 34.9 Å². The fourth-order valence-electron chi connectivity index (χ4n) is 5.59. The van der Waals surface area contributed by atoms with Gasteiger partial charge in [0.05, 0.1) is 5.69 Å². The lowest BCUT2D eigenvalue weighted by Crippen LogP contribution is -2.48. The summed E-state index contributed by atoms with van der Waals surface area (Å²) in [6, 6.07) is 1.47. The second kappa shape index (κ2) is 11.5. The van der Waals surface area contributed by atoms with Crippen LogP contribution in [0, 0.1) is 0 Å². The summed E-state index contributed by atoms with van der Waals surface area (Å²) in [5, 5.41) is 11.7. The fourth-order valence-corrected chi connectivity index (χ4v) is 5.92. The van der Waals surface area contributed by atoms with Crippen LogP contribution in [0.15, 0.2) is 0 Å². The number of hydrogen-bond donors (Lipinski definition) is 3. The third-order valence-electron chi connectivity index (χ3n) is 7.42. The monoisotopic (exact) mass is 458 g/mol. The normalized spacial score (nSPS) is 24.6. The number of aromatic nitrogens is 2. The molecule has 3 aliphatic carbocycles. The Kier molecular flexibility index (Phi) is 8.44. The van der Waals surface area contributed by atoms with Gasteiger partial charge in [0.25, 0.3) is 0 Å². The maximum absolute atomic E-state index is 5.66. The minimum absolute atomic E-state index is 0.442. The van der Waals surface area contributed by atoms with Crippen LogP contribution in [-0.2, 0) is 12.8 Å². The van der Waals surface area contributed by atoms with Crippen molar-refractivity contribution in [3.05, 3.63) is 11.3 Å². The number of aryl methyl sites for hydroxylation is 1. The lowest BCUT2D eigenvalue weighted by atomic mass is 9.91. The molecule has 1 aromatic rings. The first-order valence-corrected chi connectivity index (χ1v) is 13.4. The van der Waals surface area contributed by atoms with Crippen LogP contribution in [0.1, 0.15) is 94.7 Å². The molecule has 2 fully saturated rings. The smallest absolute Gasteiger partial charge is 0.225 e. The van der Waals surface area contributed by atoms with Gasteiger partial charge in [0.15, 0.2) is 5.11 Å². The first kappa shape index (κ1) is 23.5. The Morgan fingerprint density at radius 3 is 2.03 bits per heavy atom. The van der Waals surface area contributed by atoms with Gasteiger partial charge in [-0.05, 0) is 76.4 Å². The number of rotatable bonds is 5. The van der Waals surface area contributed by atoms with Crippen molar-refractivity contribution in [3.8, 4) is 0 Å². The van der Waals surface area contributed by atoms with E-state index in [4.69, 9.17) is 22.2 Å². The number of fused-ring (bicyclic) bond motifs is 1. The largest absolute Gasteiger partial charge is 0.362 e. The molecule has 0 amide bonds. The van der Waals surface area contributed by atoms with Crippen molar-refractivity contribution in [2.45, 2.75) is 114 Å². The highest BCUT2D eigenvalue weighted by molar-refractivity contribution is 7.80. The van der Waals surface area contributed by atoms with Crippen molar-refractivity contribution in [1.29, 1.82) is 0 Å². The van der Waals surface area contributed by atoms with E-state index in [0.29, 0.717) is 18.1 Å². The number of nitrogens with one attached hydrogen (secondary N) is 3. The first-order chi connectivity index (χ1) is 15.6. The number of thiocarbonyl (C=S) groups is 1. The molecule has 178 valence electrons. The summed E-state index contributed by atoms with van der Waals surface area (Å²) in [4.78, 5) is 11.9. The van der Waals surface area contributed by atoms with Gasteiger partial charge in [-0.15, -0.1) is 0 Å². The highest BCUT2D eigenvalue weighted by Gasteiger charge is 2.25. The van der Waals surface area contributed by atoms with Gasteiger partial charge in [0.2, 0.25) is 5.95 Å². The molecule has 6 nitrogen and oxygen atoms in total. The molecule has 0 saturated heterocycles. The second-order valence-corrected chi connectivity index (χ2v) is 10.7. The summed E-state index contributed by atoms with van der Waals surface area (Å²) in [5.74, 6) is 1.91. The van der Waals surface area contributed by atoms with Crippen molar-refractivity contribution in [2.24, 2.45) is 0 Å². The van der Waals surface area contributed by atoms with E-state index in [1.807, 2.05) is 0 Å². The molecular formula is C25H42N6S. The van der Waals surface area contributed by atoms with Crippen LogP contribution in [0.4, 0.5) is 11.8 Å². The summed E-state index contributed by atoms with van der Waals surface area (Å²) in [6.45, 7) is 0. The maximum atomic E-state index is 5.66. The predicted octanol–water partition coefficient (Wildman–Crippen LogP) is 4.72. The third-order valence-corrected chi connectivity index (χ3v) is 7.66. The Morgan fingerprint density at radius 2 is 1.34 bits per heavy atom. The van der Waals surface area contributed by atoms with Crippen LogP contribution in [0.3, 0.4) is 0 Å². The number of anilines is 2. The topological polar surface area (TPSA) is 65.1 Å². The molecule has 3 N–H and O–H groups in total. The van der Waals surface area contributed by atoms with E-state index in [1.165, 1.54) is 69.0 Å². The van der Waals surface area contributed by atoms with Gasteiger partial charge in [-0.2, -0.15) is 4.98 Å². The molecule has 0 aliphatic heterocycles. The van der Waals surface area contributed by atoms with Crippen LogP contribution >= 0.6 is 12.2 Å². The first-order valence-electron chi connectivity index (χ1n) is 13.0. The molecule has 2 saturated carbocycles.